The lowest BCUT2D eigenvalue weighted by atomic mass is 9.95. The molecule has 4 aromatic heterocycles. The summed E-state index contributed by atoms with van der Waals surface area (Å²) in [5, 5.41) is 11.6. The van der Waals surface area contributed by atoms with E-state index in [1.54, 1.807) is 0 Å². The first kappa shape index (κ1) is 26.2. The van der Waals surface area contributed by atoms with E-state index in [0.717, 1.165) is 66.3 Å². The molecule has 0 spiro atoms. The van der Waals surface area contributed by atoms with E-state index in [9.17, 15) is 0 Å². The molecule has 8 aromatic carbocycles. The lowest BCUT2D eigenvalue weighted by molar-refractivity contribution is 0.669. The van der Waals surface area contributed by atoms with Crippen molar-refractivity contribution in [3.05, 3.63) is 158 Å². The third kappa shape index (κ3) is 3.25. The van der Waals surface area contributed by atoms with Crippen LogP contribution in [0.25, 0.3) is 110 Å². The zero-order valence-electron chi connectivity index (χ0n) is 26.7. The monoisotopic (exact) mass is 638 g/mol. The molecular formula is C46H26N2O2. The molecule has 0 saturated carbocycles. The summed E-state index contributed by atoms with van der Waals surface area (Å²) in [7, 11) is 0. The van der Waals surface area contributed by atoms with E-state index in [1.165, 1.54) is 43.4 Å². The minimum atomic E-state index is 0.874. The van der Waals surface area contributed by atoms with Crippen LogP contribution in [0.15, 0.2) is 167 Å². The summed E-state index contributed by atoms with van der Waals surface area (Å²) in [6, 6.07) is 56.2. The second-order valence-corrected chi connectivity index (χ2v) is 13.2. The number of hydrogen-bond acceptors (Lipinski definition) is 2. The summed E-state index contributed by atoms with van der Waals surface area (Å²) < 4.78 is 18.2. The maximum absolute atomic E-state index is 6.97. The Hall–Kier alpha value is -6.78. The fourth-order valence-corrected chi connectivity index (χ4v) is 8.70. The Morgan fingerprint density at radius 3 is 1.74 bits per heavy atom. The number of benzene rings is 8. The topological polar surface area (TPSA) is 36.1 Å². The molecule has 4 heterocycles. The molecule has 0 saturated heterocycles. The first-order valence-corrected chi connectivity index (χ1v) is 17.0. The van der Waals surface area contributed by atoms with E-state index < -0.39 is 0 Å². The lowest BCUT2D eigenvalue weighted by Gasteiger charge is -2.11. The van der Waals surface area contributed by atoms with Gasteiger partial charge in [0.2, 0.25) is 0 Å². The van der Waals surface area contributed by atoms with E-state index in [0.29, 0.717) is 0 Å². The van der Waals surface area contributed by atoms with Gasteiger partial charge in [0.25, 0.3) is 0 Å². The minimum Gasteiger partial charge on any atom is -0.456 e. The van der Waals surface area contributed by atoms with Gasteiger partial charge in [-0.25, -0.2) is 0 Å². The molecule has 0 unspecified atom stereocenters. The van der Waals surface area contributed by atoms with Gasteiger partial charge in [-0.15, -0.1) is 0 Å². The summed E-state index contributed by atoms with van der Waals surface area (Å²) in [4.78, 5) is 0. The van der Waals surface area contributed by atoms with Crippen molar-refractivity contribution in [1.82, 2.24) is 9.13 Å². The average molecular weight is 639 g/mol. The van der Waals surface area contributed by atoms with E-state index in [4.69, 9.17) is 8.83 Å². The normalized spacial score (nSPS) is 12.4. The Morgan fingerprint density at radius 2 is 0.940 bits per heavy atom. The molecule has 4 nitrogen and oxygen atoms in total. The fourth-order valence-electron chi connectivity index (χ4n) is 8.70. The number of fused-ring (bicyclic) bond motifs is 17. The summed E-state index contributed by atoms with van der Waals surface area (Å²) >= 11 is 0. The van der Waals surface area contributed by atoms with Crippen molar-refractivity contribution < 1.29 is 8.83 Å². The van der Waals surface area contributed by atoms with Crippen molar-refractivity contribution >= 4 is 98.3 Å². The second-order valence-electron chi connectivity index (χ2n) is 13.2. The van der Waals surface area contributed by atoms with Gasteiger partial charge in [0.1, 0.15) is 16.7 Å². The molecule has 0 aliphatic rings. The van der Waals surface area contributed by atoms with Gasteiger partial charge in [-0.1, -0.05) is 91.0 Å². The largest absolute Gasteiger partial charge is 0.456 e. The van der Waals surface area contributed by atoms with Gasteiger partial charge in [0.15, 0.2) is 5.58 Å². The first-order chi connectivity index (χ1) is 24.8. The second kappa shape index (κ2) is 9.43. The van der Waals surface area contributed by atoms with Crippen LogP contribution in [0.3, 0.4) is 0 Å². The molecular weight excluding hydrogens is 613 g/mol. The standard InChI is InChI=1S/C46H26N2O2/c1-2-12-27(13-3-1)47-35-18-8-4-14-29(35)34-26-28(22-24-37(34)47)48-36-19-9-5-15-30(36)41-33-23-25-40-42(31-16-6-10-20-38(31)49-40)43(33)44-32-17-7-11-21-39(32)50-46(44)45(41)48/h1-26H. The molecule has 0 bridgehead atoms. The molecule has 0 fully saturated rings. The summed E-state index contributed by atoms with van der Waals surface area (Å²) in [5.74, 6) is 0. The summed E-state index contributed by atoms with van der Waals surface area (Å²) in [6.45, 7) is 0. The van der Waals surface area contributed by atoms with Crippen LogP contribution in [0.5, 0.6) is 0 Å². The SMILES string of the molecule is c1ccc(-n2c3ccccc3c3cc(-n4c5ccccc5c5c6ccc7oc8ccccc8c7c6c6c7ccccc7oc6c54)ccc32)cc1. The van der Waals surface area contributed by atoms with Gasteiger partial charge in [-0.2, -0.15) is 0 Å². The van der Waals surface area contributed by atoms with Crippen LogP contribution < -0.4 is 0 Å². The van der Waals surface area contributed by atoms with Crippen LogP contribution in [0.1, 0.15) is 0 Å². The Kier molecular flexibility index (Phi) is 4.94. The molecule has 0 aliphatic heterocycles. The molecule has 0 radical (unpaired) electrons. The molecule has 50 heavy (non-hydrogen) atoms. The van der Waals surface area contributed by atoms with Crippen LogP contribution in [0.2, 0.25) is 0 Å². The van der Waals surface area contributed by atoms with E-state index in [2.05, 4.69) is 161 Å². The molecule has 0 atom stereocenters. The predicted molar refractivity (Wildman–Crippen MR) is 207 cm³/mol. The van der Waals surface area contributed by atoms with Crippen LogP contribution >= 0.6 is 0 Å². The number of furan rings is 2. The highest BCUT2D eigenvalue weighted by atomic mass is 16.3. The van der Waals surface area contributed by atoms with Crippen LogP contribution in [-0.4, -0.2) is 9.13 Å². The van der Waals surface area contributed by atoms with Gasteiger partial charge < -0.3 is 18.0 Å². The highest BCUT2D eigenvalue weighted by Crippen LogP contribution is 2.49. The Bertz CT molecular complexity index is 3370. The predicted octanol–water partition coefficient (Wildman–Crippen LogP) is 12.8. The Morgan fingerprint density at radius 1 is 0.320 bits per heavy atom. The third-order valence-electron chi connectivity index (χ3n) is 10.7. The zero-order chi connectivity index (χ0) is 32.5. The summed E-state index contributed by atoms with van der Waals surface area (Å²) in [5.41, 5.74) is 10.4. The lowest BCUT2D eigenvalue weighted by Crippen LogP contribution is -1.96. The molecule has 12 aromatic rings. The van der Waals surface area contributed by atoms with E-state index in [1.807, 2.05) is 6.07 Å². The third-order valence-corrected chi connectivity index (χ3v) is 10.7. The molecule has 4 heteroatoms. The van der Waals surface area contributed by atoms with Gasteiger partial charge in [0.05, 0.1) is 22.1 Å². The first-order valence-electron chi connectivity index (χ1n) is 17.0. The van der Waals surface area contributed by atoms with Gasteiger partial charge in [-0.05, 0) is 72.1 Å². The quantitative estimate of drug-likeness (QED) is 0.189. The van der Waals surface area contributed by atoms with Crippen LogP contribution in [0.4, 0.5) is 0 Å². The average Bonchev–Trinajstić information content (AvgIpc) is 3.92. The molecule has 12 rings (SSSR count). The molecule has 0 N–H and O–H groups in total. The van der Waals surface area contributed by atoms with Crippen molar-refractivity contribution in [2.45, 2.75) is 0 Å². The van der Waals surface area contributed by atoms with Gasteiger partial charge in [0, 0.05) is 59.9 Å². The van der Waals surface area contributed by atoms with E-state index >= 15 is 0 Å². The van der Waals surface area contributed by atoms with Crippen LogP contribution in [0, 0.1) is 0 Å². The van der Waals surface area contributed by atoms with Crippen molar-refractivity contribution in [3.63, 3.8) is 0 Å². The highest BCUT2D eigenvalue weighted by Gasteiger charge is 2.26. The van der Waals surface area contributed by atoms with Crippen LogP contribution in [-0.2, 0) is 0 Å². The fraction of sp³-hybridized carbons (Fsp3) is 0. The maximum atomic E-state index is 6.97. The highest BCUT2D eigenvalue weighted by molar-refractivity contribution is 6.40. The molecule has 232 valence electrons. The van der Waals surface area contributed by atoms with Crippen molar-refractivity contribution in [1.29, 1.82) is 0 Å². The number of rotatable bonds is 2. The Balaban J connectivity index is 1.30. The summed E-state index contributed by atoms with van der Waals surface area (Å²) in [6.07, 6.45) is 0. The number of nitrogens with zero attached hydrogens (tertiary/aromatic N) is 2. The maximum Gasteiger partial charge on any atom is 0.160 e. The van der Waals surface area contributed by atoms with Gasteiger partial charge in [-0.3, -0.25) is 0 Å². The van der Waals surface area contributed by atoms with Crippen molar-refractivity contribution in [2.75, 3.05) is 0 Å². The number of hydrogen-bond donors (Lipinski definition) is 0. The van der Waals surface area contributed by atoms with E-state index in [-0.39, 0.29) is 0 Å². The number of aromatic nitrogens is 2. The van der Waals surface area contributed by atoms with Gasteiger partial charge >= 0.3 is 0 Å². The minimum absolute atomic E-state index is 0.874. The zero-order valence-corrected chi connectivity index (χ0v) is 26.7. The smallest absolute Gasteiger partial charge is 0.160 e. The van der Waals surface area contributed by atoms with Crippen molar-refractivity contribution in [2.24, 2.45) is 0 Å². The number of para-hydroxylation sites is 5. The molecule has 0 aliphatic carbocycles. The Labute approximate surface area is 284 Å². The molecule has 0 amide bonds. The van der Waals surface area contributed by atoms with Crippen molar-refractivity contribution in [3.8, 4) is 11.4 Å².